The van der Waals surface area contributed by atoms with Gasteiger partial charge in [-0.1, -0.05) is 15.9 Å². The molecule has 12 heavy (non-hydrogen) atoms. The summed E-state index contributed by atoms with van der Waals surface area (Å²) in [6.45, 7) is 0. The molecule has 0 bridgehead atoms. The molecule has 0 aliphatic carbocycles. The molecule has 0 radical (unpaired) electrons. The zero-order valence-electron chi connectivity index (χ0n) is 6.53. The predicted octanol–water partition coefficient (Wildman–Crippen LogP) is 1.73. The van der Waals surface area contributed by atoms with Gasteiger partial charge in [-0.2, -0.15) is 0 Å². The van der Waals surface area contributed by atoms with Gasteiger partial charge in [0.25, 0.3) is 0 Å². The number of aldehydes is 1. The third-order valence-corrected chi connectivity index (χ3v) is 2.08. The van der Waals surface area contributed by atoms with Crippen LogP contribution >= 0.6 is 15.9 Å². The van der Waals surface area contributed by atoms with Crippen molar-refractivity contribution in [2.75, 3.05) is 7.11 Å². The number of methoxy groups -OCH3 is 1. The Morgan fingerprint density at radius 2 is 2.50 bits per heavy atom. The molecule has 0 fully saturated rings. The van der Waals surface area contributed by atoms with Gasteiger partial charge in [0.1, 0.15) is 16.9 Å². The first-order chi connectivity index (χ1) is 5.77. The van der Waals surface area contributed by atoms with Gasteiger partial charge in [-0.15, -0.1) is 0 Å². The number of carbonyl (C=O) groups is 1. The highest BCUT2D eigenvalue weighted by Crippen LogP contribution is 2.21. The largest absolute Gasteiger partial charge is 0.497 e. The van der Waals surface area contributed by atoms with Crippen molar-refractivity contribution in [3.05, 3.63) is 24.0 Å². The van der Waals surface area contributed by atoms with E-state index in [1.807, 2.05) is 0 Å². The number of aromatic nitrogens is 1. The molecule has 0 unspecified atom stereocenters. The van der Waals surface area contributed by atoms with Gasteiger partial charge >= 0.3 is 0 Å². The molecule has 0 amide bonds. The molecule has 4 heteroatoms. The fourth-order valence-corrected chi connectivity index (χ4v) is 1.03. The minimum atomic E-state index is -0.354. The van der Waals surface area contributed by atoms with E-state index in [1.165, 1.54) is 0 Å². The maximum absolute atomic E-state index is 10.4. The fourth-order valence-electron chi connectivity index (χ4n) is 0.775. The number of ether oxygens (including phenoxy) is 1. The summed E-state index contributed by atoms with van der Waals surface area (Å²) in [6.07, 6.45) is 2.38. The number of hydrogen-bond acceptors (Lipinski definition) is 3. The molecule has 0 aromatic carbocycles. The third kappa shape index (κ3) is 2.04. The van der Waals surface area contributed by atoms with E-state index < -0.39 is 0 Å². The Kier molecular flexibility index (Phi) is 3.22. The molecule has 0 aliphatic heterocycles. The fraction of sp³-hybridized carbons (Fsp3) is 0.250. The van der Waals surface area contributed by atoms with Crippen LogP contribution in [-0.4, -0.2) is 18.4 Å². The van der Waals surface area contributed by atoms with Crippen LogP contribution in [-0.2, 0) is 4.79 Å². The molecule has 0 N–H and O–H groups in total. The topological polar surface area (TPSA) is 39.2 Å². The van der Waals surface area contributed by atoms with Crippen molar-refractivity contribution in [1.29, 1.82) is 0 Å². The minimum absolute atomic E-state index is 0.354. The highest BCUT2D eigenvalue weighted by atomic mass is 79.9. The first-order valence-electron chi connectivity index (χ1n) is 3.37. The summed E-state index contributed by atoms with van der Waals surface area (Å²) in [4.78, 5) is 14.0. The lowest BCUT2D eigenvalue weighted by molar-refractivity contribution is -0.107. The van der Waals surface area contributed by atoms with Gasteiger partial charge in [0.2, 0.25) is 0 Å². The summed E-state index contributed by atoms with van der Waals surface area (Å²) in [5.41, 5.74) is 0.657. The van der Waals surface area contributed by atoms with E-state index in [9.17, 15) is 4.79 Å². The van der Waals surface area contributed by atoms with Crippen LogP contribution < -0.4 is 4.74 Å². The van der Waals surface area contributed by atoms with Gasteiger partial charge in [0.15, 0.2) is 0 Å². The predicted molar refractivity (Wildman–Crippen MR) is 48.5 cm³/mol. The zero-order valence-corrected chi connectivity index (χ0v) is 8.11. The Labute approximate surface area is 78.9 Å². The molecule has 0 aliphatic rings. The highest BCUT2D eigenvalue weighted by molar-refractivity contribution is 9.09. The van der Waals surface area contributed by atoms with E-state index in [0.717, 1.165) is 6.29 Å². The number of nitrogens with zero attached hydrogens (tertiary/aromatic N) is 1. The number of rotatable bonds is 3. The standard InChI is InChI=1S/C8H8BrNO2/c1-12-6-2-3-10-8(4-6)7(9)5-11/h2-5,7H,1H3/t7-/m1/s1. The third-order valence-electron chi connectivity index (χ3n) is 1.39. The van der Waals surface area contributed by atoms with Crippen LogP contribution in [0.5, 0.6) is 5.75 Å². The number of halogens is 1. The molecule has 1 atom stereocenters. The van der Waals surface area contributed by atoms with Crippen molar-refractivity contribution in [3.63, 3.8) is 0 Å². The van der Waals surface area contributed by atoms with Crippen LogP contribution in [0.25, 0.3) is 0 Å². The molecule has 1 rings (SSSR count). The van der Waals surface area contributed by atoms with Gasteiger partial charge in [0, 0.05) is 12.3 Å². The number of pyridine rings is 1. The first-order valence-corrected chi connectivity index (χ1v) is 4.29. The summed E-state index contributed by atoms with van der Waals surface area (Å²) >= 11 is 3.16. The molecule has 3 nitrogen and oxygen atoms in total. The Morgan fingerprint density at radius 3 is 3.08 bits per heavy atom. The Balaban J connectivity index is 2.93. The van der Waals surface area contributed by atoms with E-state index in [1.54, 1.807) is 25.4 Å². The molecule has 1 aromatic heterocycles. The van der Waals surface area contributed by atoms with Crippen LogP contribution in [0.1, 0.15) is 10.5 Å². The van der Waals surface area contributed by atoms with Gasteiger partial charge in [-0.25, -0.2) is 0 Å². The second-order valence-corrected chi connectivity index (χ2v) is 3.14. The average molecular weight is 230 g/mol. The van der Waals surface area contributed by atoms with Crippen LogP contribution in [0.2, 0.25) is 0 Å². The SMILES string of the molecule is COc1ccnc([C@H](Br)C=O)c1. The van der Waals surface area contributed by atoms with Crippen LogP contribution in [0.4, 0.5) is 0 Å². The van der Waals surface area contributed by atoms with Crippen LogP contribution in [0.15, 0.2) is 18.3 Å². The van der Waals surface area contributed by atoms with Gasteiger partial charge < -0.3 is 9.53 Å². The molecular weight excluding hydrogens is 222 g/mol. The maximum Gasteiger partial charge on any atom is 0.139 e. The van der Waals surface area contributed by atoms with Gasteiger partial charge in [-0.3, -0.25) is 4.98 Å². The summed E-state index contributed by atoms with van der Waals surface area (Å²) in [5, 5.41) is 0. The average Bonchev–Trinajstić information content (AvgIpc) is 2.17. The molecule has 64 valence electrons. The van der Waals surface area contributed by atoms with E-state index in [-0.39, 0.29) is 4.83 Å². The smallest absolute Gasteiger partial charge is 0.139 e. The summed E-state index contributed by atoms with van der Waals surface area (Å²) in [6, 6.07) is 3.45. The molecule has 0 spiro atoms. The van der Waals surface area contributed by atoms with Crippen LogP contribution in [0, 0.1) is 0 Å². The number of carbonyl (C=O) groups excluding carboxylic acids is 1. The molecule has 0 saturated carbocycles. The Bertz CT molecular complexity index is 278. The van der Waals surface area contributed by atoms with E-state index in [2.05, 4.69) is 20.9 Å². The second kappa shape index (κ2) is 4.21. The van der Waals surface area contributed by atoms with Crippen molar-refractivity contribution in [2.24, 2.45) is 0 Å². The van der Waals surface area contributed by atoms with Gasteiger partial charge in [-0.05, 0) is 6.07 Å². The van der Waals surface area contributed by atoms with Crippen molar-refractivity contribution < 1.29 is 9.53 Å². The van der Waals surface area contributed by atoms with Crippen LogP contribution in [0.3, 0.4) is 0 Å². The molecule has 1 heterocycles. The van der Waals surface area contributed by atoms with Crippen molar-refractivity contribution in [3.8, 4) is 5.75 Å². The molecular formula is C8H8BrNO2. The monoisotopic (exact) mass is 229 g/mol. The van der Waals surface area contributed by atoms with Gasteiger partial charge in [0.05, 0.1) is 12.8 Å². The normalized spacial score (nSPS) is 12.2. The Morgan fingerprint density at radius 1 is 1.75 bits per heavy atom. The summed E-state index contributed by atoms with van der Waals surface area (Å²) < 4.78 is 4.97. The lowest BCUT2D eigenvalue weighted by Crippen LogP contribution is -1.95. The second-order valence-electron chi connectivity index (χ2n) is 2.16. The minimum Gasteiger partial charge on any atom is -0.497 e. The number of hydrogen-bond donors (Lipinski definition) is 0. The summed E-state index contributed by atoms with van der Waals surface area (Å²) in [7, 11) is 1.57. The highest BCUT2D eigenvalue weighted by Gasteiger charge is 2.07. The molecule has 0 saturated heterocycles. The lowest BCUT2D eigenvalue weighted by Gasteiger charge is -2.03. The van der Waals surface area contributed by atoms with E-state index >= 15 is 0 Å². The Hall–Kier alpha value is -0.900. The number of alkyl halides is 1. The molecule has 1 aromatic rings. The van der Waals surface area contributed by atoms with Crippen molar-refractivity contribution in [1.82, 2.24) is 4.98 Å². The van der Waals surface area contributed by atoms with Crippen molar-refractivity contribution >= 4 is 22.2 Å². The lowest BCUT2D eigenvalue weighted by atomic mass is 10.3. The van der Waals surface area contributed by atoms with E-state index in [4.69, 9.17) is 4.74 Å². The first kappa shape index (κ1) is 9.19. The zero-order chi connectivity index (χ0) is 8.97. The van der Waals surface area contributed by atoms with E-state index in [0.29, 0.717) is 11.4 Å². The quantitative estimate of drug-likeness (QED) is 0.586. The summed E-state index contributed by atoms with van der Waals surface area (Å²) in [5.74, 6) is 0.700. The maximum atomic E-state index is 10.4. The van der Waals surface area contributed by atoms with Crippen molar-refractivity contribution in [2.45, 2.75) is 4.83 Å².